The molecule has 0 spiro atoms. The van der Waals surface area contributed by atoms with Gasteiger partial charge in [-0.1, -0.05) is 25.1 Å². The van der Waals surface area contributed by atoms with Crippen LogP contribution in [0.2, 0.25) is 0 Å². The van der Waals surface area contributed by atoms with E-state index >= 15 is 0 Å². The minimum Gasteiger partial charge on any atom is -0.192 e. The average Bonchev–Trinajstić information content (AvgIpc) is 2.36. The molecule has 24 heavy (non-hydrogen) atoms. The summed E-state index contributed by atoms with van der Waals surface area (Å²) in [4.78, 5) is 0. The van der Waals surface area contributed by atoms with Crippen LogP contribution in [0.1, 0.15) is 19.8 Å². The van der Waals surface area contributed by atoms with Crippen LogP contribution in [0.5, 0.6) is 0 Å². The van der Waals surface area contributed by atoms with Crippen molar-refractivity contribution in [1.82, 2.24) is 0 Å². The molecule has 0 rings (SSSR count). The molecule has 0 atom stereocenters. The van der Waals surface area contributed by atoms with Crippen molar-refractivity contribution in [2.24, 2.45) is 0 Å². The number of unbranched alkanes of at least 4 members (excludes halogenated alkanes) is 1. The van der Waals surface area contributed by atoms with Crippen LogP contribution >= 0.6 is 11.8 Å². The molecule has 0 aromatic heterocycles. The second-order valence-corrected chi connectivity index (χ2v) is 5.72. The number of hydrogen-bond acceptors (Lipinski definition) is 1. The van der Waals surface area contributed by atoms with E-state index in [-0.39, 0.29) is 12.8 Å². The molecule has 0 bridgehead atoms. The van der Waals surface area contributed by atoms with Crippen molar-refractivity contribution in [2.45, 2.75) is 54.9 Å². The van der Waals surface area contributed by atoms with Gasteiger partial charge in [-0.15, -0.1) is 0 Å². The maximum Gasteiger partial charge on any atom is 0.460 e. The fraction of sp³-hybridized carbons (Fsp3) is 1.00. The summed E-state index contributed by atoms with van der Waals surface area (Å²) in [6.45, 7) is 1.36. The third kappa shape index (κ3) is 3.52. The minimum atomic E-state index is -7.82. The Bertz CT molecular complexity index is 425. The van der Waals surface area contributed by atoms with E-state index in [9.17, 15) is 57.1 Å². The lowest BCUT2D eigenvalue weighted by atomic mass is 9.98. The third-order valence-corrected chi connectivity index (χ3v) is 3.80. The van der Waals surface area contributed by atoms with Gasteiger partial charge in [0, 0.05) is 0 Å². The minimum absolute atomic E-state index is 0.105. The molecule has 0 nitrogen and oxygen atoms in total. The zero-order valence-electron chi connectivity index (χ0n) is 11.4. The molecular weight excluding hydrogens is 399 g/mol. The maximum absolute atomic E-state index is 13.1. The molecule has 0 N–H and O–H groups in total. The zero-order valence-corrected chi connectivity index (χ0v) is 12.3. The van der Waals surface area contributed by atoms with Crippen molar-refractivity contribution in [3.05, 3.63) is 0 Å². The highest BCUT2D eigenvalue weighted by atomic mass is 32.2. The molecule has 0 radical (unpaired) electrons. The van der Waals surface area contributed by atoms with Gasteiger partial charge in [-0.05, 0) is 12.2 Å². The highest BCUT2D eigenvalue weighted by Gasteiger charge is 2.90. The number of hydrogen-bond donors (Lipinski definition) is 0. The second-order valence-electron chi connectivity index (χ2n) is 4.51. The smallest absolute Gasteiger partial charge is 0.192 e. The van der Waals surface area contributed by atoms with E-state index < -0.39 is 52.6 Å². The van der Waals surface area contributed by atoms with Crippen molar-refractivity contribution in [3.63, 3.8) is 0 Å². The van der Waals surface area contributed by atoms with Crippen LogP contribution in [0.15, 0.2) is 0 Å². The van der Waals surface area contributed by atoms with Gasteiger partial charge in [0.2, 0.25) is 0 Å². The van der Waals surface area contributed by atoms with Crippen molar-refractivity contribution >= 4 is 11.8 Å². The van der Waals surface area contributed by atoms with Crippen LogP contribution in [-0.4, -0.2) is 40.9 Å². The summed E-state index contributed by atoms with van der Waals surface area (Å²) < 4.78 is 165. The third-order valence-electron chi connectivity index (χ3n) is 2.69. The van der Waals surface area contributed by atoms with E-state index in [0.717, 1.165) is 0 Å². The predicted octanol–water partition coefficient (Wildman–Crippen LogP) is 6.22. The van der Waals surface area contributed by atoms with Crippen molar-refractivity contribution in [2.75, 3.05) is 5.75 Å². The van der Waals surface area contributed by atoms with Crippen LogP contribution in [0.3, 0.4) is 0 Å². The van der Waals surface area contributed by atoms with Gasteiger partial charge < -0.3 is 0 Å². The van der Waals surface area contributed by atoms with Gasteiger partial charge >= 0.3 is 35.1 Å². The molecule has 0 aliphatic heterocycles. The Morgan fingerprint density at radius 1 is 0.583 bits per heavy atom. The first-order valence-corrected chi connectivity index (χ1v) is 6.89. The summed E-state index contributed by atoms with van der Waals surface area (Å²) in [5.41, 5.74) is 0. The second kappa shape index (κ2) is 6.63. The molecule has 0 aliphatic carbocycles. The summed E-state index contributed by atoms with van der Waals surface area (Å²) in [5.74, 6) is -31.3. The average molecular weight is 408 g/mol. The Labute approximate surface area is 130 Å². The summed E-state index contributed by atoms with van der Waals surface area (Å²) in [6, 6.07) is 0. The Morgan fingerprint density at radius 2 is 0.958 bits per heavy atom. The van der Waals surface area contributed by atoms with Crippen LogP contribution < -0.4 is 0 Å². The molecular formula is C10H9F13S. The lowest BCUT2D eigenvalue weighted by Crippen LogP contribution is -2.69. The highest BCUT2D eigenvalue weighted by molar-refractivity contribution is 8.00. The molecule has 0 amide bonds. The molecule has 146 valence electrons. The summed E-state index contributed by atoms with van der Waals surface area (Å²) in [7, 11) is 0. The van der Waals surface area contributed by atoms with Gasteiger partial charge in [0.15, 0.2) is 0 Å². The Balaban J connectivity index is 5.92. The van der Waals surface area contributed by atoms with Crippen LogP contribution in [0, 0.1) is 0 Å². The first kappa shape index (κ1) is 23.4. The van der Waals surface area contributed by atoms with Gasteiger partial charge in [0.1, 0.15) is 0 Å². The van der Waals surface area contributed by atoms with E-state index in [2.05, 4.69) is 0 Å². The molecule has 0 unspecified atom stereocenters. The first-order valence-electron chi connectivity index (χ1n) is 5.91. The standard InChI is InChI=1S/C10H9F13S/c1-2-3-4-24-10(22,23)8(17,18)6(13,14)5(11,12)7(15,16)9(19,20)21/h2-4H2,1H3. The van der Waals surface area contributed by atoms with E-state index in [1.165, 1.54) is 6.92 Å². The molecule has 0 aromatic carbocycles. The van der Waals surface area contributed by atoms with Crippen molar-refractivity contribution in [3.8, 4) is 0 Å². The Morgan fingerprint density at radius 3 is 1.29 bits per heavy atom. The number of alkyl halides is 13. The Hall–Kier alpha value is -0.560. The molecule has 0 saturated carbocycles. The first-order chi connectivity index (χ1) is 10.3. The quantitative estimate of drug-likeness (QED) is 0.340. The molecule has 0 aromatic rings. The summed E-state index contributed by atoms with van der Waals surface area (Å²) in [5, 5.41) is -6.02. The fourth-order valence-corrected chi connectivity index (χ4v) is 2.19. The van der Waals surface area contributed by atoms with Crippen molar-refractivity contribution < 1.29 is 57.1 Å². The van der Waals surface area contributed by atoms with Crippen LogP contribution in [0.4, 0.5) is 57.1 Å². The highest BCUT2D eigenvalue weighted by Crippen LogP contribution is 2.61. The van der Waals surface area contributed by atoms with Gasteiger partial charge in [-0.25, -0.2) is 0 Å². The fourth-order valence-electron chi connectivity index (χ4n) is 1.19. The van der Waals surface area contributed by atoms with E-state index in [1.807, 2.05) is 0 Å². The topological polar surface area (TPSA) is 0 Å². The molecule has 0 aliphatic rings. The molecule has 0 saturated heterocycles. The number of rotatable bonds is 8. The van der Waals surface area contributed by atoms with Gasteiger partial charge in [-0.2, -0.15) is 57.1 Å². The number of halogens is 13. The molecule has 14 heteroatoms. The van der Waals surface area contributed by atoms with Gasteiger partial charge in [-0.3, -0.25) is 0 Å². The monoisotopic (exact) mass is 408 g/mol. The SMILES string of the molecule is CCCCSC(F)(F)C(F)(F)C(F)(F)C(F)(F)C(F)(F)C(F)(F)F. The van der Waals surface area contributed by atoms with E-state index in [0.29, 0.717) is 0 Å². The largest absolute Gasteiger partial charge is 0.460 e. The predicted molar refractivity (Wildman–Crippen MR) is 58.2 cm³/mol. The summed E-state index contributed by atoms with van der Waals surface area (Å²) in [6.07, 6.45) is -7.52. The van der Waals surface area contributed by atoms with E-state index in [1.54, 1.807) is 0 Å². The van der Waals surface area contributed by atoms with Crippen molar-refractivity contribution in [1.29, 1.82) is 0 Å². The van der Waals surface area contributed by atoms with Crippen LogP contribution in [-0.2, 0) is 0 Å². The summed E-state index contributed by atoms with van der Waals surface area (Å²) >= 11 is -1.25. The normalized spacial score (nSPS) is 15.8. The molecule has 0 heterocycles. The van der Waals surface area contributed by atoms with E-state index in [4.69, 9.17) is 0 Å². The van der Waals surface area contributed by atoms with Gasteiger partial charge in [0.05, 0.1) is 0 Å². The Kier molecular flexibility index (Phi) is 6.48. The van der Waals surface area contributed by atoms with Gasteiger partial charge in [0.25, 0.3) is 0 Å². The number of thioether (sulfide) groups is 1. The lowest BCUT2D eigenvalue weighted by Gasteiger charge is -2.39. The lowest BCUT2D eigenvalue weighted by molar-refractivity contribution is -0.433. The maximum atomic E-state index is 13.1. The van der Waals surface area contributed by atoms with Crippen LogP contribution in [0.25, 0.3) is 0 Å². The zero-order chi connectivity index (χ0) is 19.8. The molecule has 0 fully saturated rings.